The maximum absolute atomic E-state index is 12.0. The van der Waals surface area contributed by atoms with E-state index >= 15 is 0 Å². The largest absolute Gasteiger partial charge is 0.383 e. The molecule has 7 nitrogen and oxygen atoms in total. The standard InChI is InChI=1S/C18H23N5O2/c1-3-5-15(24)23-11-7-18(8-12-23)17(20-10-13-25-2)21-16-14(22-18)6-4-9-19-16/h4,6,9,22H,7-8,10-13H2,1-2H3,(H,19,20,21). The third-order valence-electron chi connectivity index (χ3n) is 4.57. The van der Waals surface area contributed by atoms with Gasteiger partial charge in [-0.25, -0.2) is 4.98 Å². The van der Waals surface area contributed by atoms with Crippen molar-refractivity contribution in [2.45, 2.75) is 25.3 Å². The Kier molecular flexibility index (Phi) is 5.19. The van der Waals surface area contributed by atoms with Gasteiger partial charge in [0, 0.05) is 26.4 Å². The van der Waals surface area contributed by atoms with Gasteiger partial charge in [0.15, 0.2) is 5.82 Å². The lowest BCUT2D eigenvalue weighted by atomic mass is 9.84. The van der Waals surface area contributed by atoms with Gasteiger partial charge in [0.25, 0.3) is 5.91 Å². The number of amidine groups is 1. The lowest BCUT2D eigenvalue weighted by Gasteiger charge is -2.45. The Balaban J connectivity index is 1.83. The molecular weight excluding hydrogens is 318 g/mol. The first-order valence-corrected chi connectivity index (χ1v) is 8.44. The number of hydrogen-bond acceptors (Lipinski definition) is 5. The molecule has 25 heavy (non-hydrogen) atoms. The highest BCUT2D eigenvalue weighted by atomic mass is 16.5. The number of amides is 1. The smallest absolute Gasteiger partial charge is 0.298 e. The Morgan fingerprint density at radius 3 is 3.00 bits per heavy atom. The van der Waals surface area contributed by atoms with Crippen LogP contribution >= 0.6 is 0 Å². The first-order chi connectivity index (χ1) is 12.2. The minimum Gasteiger partial charge on any atom is -0.383 e. The molecule has 0 aromatic carbocycles. The van der Waals surface area contributed by atoms with Crippen molar-refractivity contribution in [2.24, 2.45) is 4.99 Å². The molecule has 2 aliphatic heterocycles. The molecule has 1 amide bonds. The minimum atomic E-state index is -0.319. The number of likely N-dealkylation sites (tertiary alicyclic amines) is 1. The van der Waals surface area contributed by atoms with Crippen molar-refractivity contribution >= 4 is 23.2 Å². The molecule has 2 aliphatic rings. The van der Waals surface area contributed by atoms with Crippen LogP contribution in [0.3, 0.4) is 0 Å². The van der Waals surface area contributed by atoms with E-state index in [-0.39, 0.29) is 11.4 Å². The zero-order valence-electron chi connectivity index (χ0n) is 14.6. The molecule has 1 spiro atoms. The van der Waals surface area contributed by atoms with E-state index in [0.29, 0.717) is 26.2 Å². The van der Waals surface area contributed by atoms with E-state index in [1.807, 2.05) is 12.1 Å². The fraction of sp³-hybridized carbons (Fsp3) is 0.500. The summed E-state index contributed by atoms with van der Waals surface area (Å²) in [4.78, 5) is 22.9. The molecule has 132 valence electrons. The number of aromatic nitrogens is 1. The molecule has 0 atom stereocenters. The van der Waals surface area contributed by atoms with E-state index in [9.17, 15) is 4.79 Å². The SMILES string of the molecule is CC#CC(=O)N1CCC2(CC1)Nc1cccnc1NC2=NCCOC. The molecule has 0 bridgehead atoms. The summed E-state index contributed by atoms with van der Waals surface area (Å²) in [6, 6.07) is 3.91. The highest BCUT2D eigenvalue weighted by Gasteiger charge is 2.43. The molecule has 3 rings (SSSR count). The van der Waals surface area contributed by atoms with Crippen molar-refractivity contribution in [3.05, 3.63) is 18.3 Å². The number of nitrogens with zero attached hydrogens (tertiary/aromatic N) is 3. The molecule has 0 unspecified atom stereocenters. The van der Waals surface area contributed by atoms with E-state index in [2.05, 4.69) is 27.5 Å². The zero-order chi connectivity index (χ0) is 17.7. The third-order valence-corrected chi connectivity index (χ3v) is 4.57. The first-order valence-electron chi connectivity index (χ1n) is 8.44. The number of methoxy groups -OCH3 is 1. The summed E-state index contributed by atoms with van der Waals surface area (Å²) in [6.45, 7) is 4.10. The van der Waals surface area contributed by atoms with Gasteiger partial charge in [-0.3, -0.25) is 9.79 Å². The Morgan fingerprint density at radius 2 is 2.28 bits per heavy atom. The van der Waals surface area contributed by atoms with Crippen molar-refractivity contribution in [1.82, 2.24) is 9.88 Å². The second-order valence-corrected chi connectivity index (χ2v) is 6.12. The van der Waals surface area contributed by atoms with E-state index < -0.39 is 0 Å². The monoisotopic (exact) mass is 341 g/mol. The van der Waals surface area contributed by atoms with Crippen molar-refractivity contribution < 1.29 is 9.53 Å². The number of rotatable bonds is 3. The van der Waals surface area contributed by atoms with E-state index in [1.54, 1.807) is 25.1 Å². The summed E-state index contributed by atoms with van der Waals surface area (Å²) in [5, 5.41) is 6.99. The molecule has 0 radical (unpaired) electrons. The van der Waals surface area contributed by atoms with Gasteiger partial charge >= 0.3 is 0 Å². The van der Waals surface area contributed by atoms with Crippen LogP contribution in [-0.4, -0.2) is 60.5 Å². The second kappa shape index (κ2) is 7.53. The van der Waals surface area contributed by atoms with Crippen LogP contribution in [0, 0.1) is 11.8 Å². The summed E-state index contributed by atoms with van der Waals surface area (Å²) in [7, 11) is 1.66. The van der Waals surface area contributed by atoms with Crippen LogP contribution in [0.15, 0.2) is 23.3 Å². The number of carbonyl (C=O) groups is 1. The number of pyridine rings is 1. The Labute approximate surface area is 147 Å². The summed E-state index contributed by atoms with van der Waals surface area (Å²) in [6.07, 6.45) is 3.28. The van der Waals surface area contributed by atoms with E-state index in [4.69, 9.17) is 9.73 Å². The predicted molar refractivity (Wildman–Crippen MR) is 97.7 cm³/mol. The average molecular weight is 341 g/mol. The summed E-state index contributed by atoms with van der Waals surface area (Å²) in [5.74, 6) is 6.83. The fourth-order valence-electron chi connectivity index (χ4n) is 3.23. The zero-order valence-corrected chi connectivity index (χ0v) is 14.6. The number of nitrogens with one attached hydrogen (secondary N) is 2. The van der Waals surface area contributed by atoms with Gasteiger partial charge in [-0.2, -0.15) is 0 Å². The Hall–Kier alpha value is -2.59. The quantitative estimate of drug-likeness (QED) is 0.641. The van der Waals surface area contributed by atoms with Gasteiger partial charge in [-0.1, -0.05) is 5.92 Å². The number of hydrogen-bond donors (Lipinski definition) is 2. The lowest BCUT2D eigenvalue weighted by Crippen LogP contribution is -2.59. The Bertz CT molecular complexity index is 726. The molecule has 1 aromatic heterocycles. The topological polar surface area (TPSA) is 78.9 Å². The van der Waals surface area contributed by atoms with Crippen LogP contribution in [0.4, 0.5) is 11.5 Å². The van der Waals surface area contributed by atoms with Gasteiger partial charge in [-0.15, -0.1) is 0 Å². The van der Waals surface area contributed by atoms with Gasteiger partial charge in [-0.05, 0) is 37.8 Å². The molecule has 1 aromatic rings. The van der Waals surface area contributed by atoms with Crippen LogP contribution in [0.5, 0.6) is 0 Å². The van der Waals surface area contributed by atoms with Crippen LogP contribution in [-0.2, 0) is 9.53 Å². The first kappa shape index (κ1) is 17.2. The van der Waals surface area contributed by atoms with Crippen molar-refractivity contribution in [3.8, 4) is 11.8 Å². The maximum atomic E-state index is 12.0. The number of piperidine rings is 1. The highest BCUT2D eigenvalue weighted by molar-refractivity contribution is 6.08. The number of anilines is 2. The summed E-state index contributed by atoms with van der Waals surface area (Å²) in [5.41, 5.74) is 0.640. The number of aliphatic imine (C=N–C) groups is 1. The van der Waals surface area contributed by atoms with Crippen molar-refractivity contribution in [3.63, 3.8) is 0 Å². The van der Waals surface area contributed by atoms with Crippen LogP contribution in [0.2, 0.25) is 0 Å². The molecule has 0 aliphatic carbocycles. The molecule has 3 heterocycles. The van der Waals surface area contributed by atoms with E-state index in [0.717, 1.165) is 30.2 Å². The maximum Gasteiger partial charge on any atom is 0.298 e. The minimum absolute atomic E-state index is 0.110. The molecular formula is C18H23N5O2. The van der Waals surface area contributed by atoms with Gasteiger partial charge < -0.3 is 20.3 Å². The number of fused-ring (bicyclic) bond motifs is 1. The average Bonchev–Trinajstić information content (AvgIpc) is 2.63. The van der Waals surface area contributed by atoms with Crippen LogP contribution in [0.1, 0.15) is 19.8 Å². The number of carbonyl (C=O) groups excluding carboxylic acids is 1. The molecule has 0 saturated carbocycles. The van der Waals surface area contributed by atoms with Crippen LogP contribution < -0.4 is 10.6 Å². The molecule has 1 fully saturated rings. The van der Waals surface area contributed by atoms with Gasteiger partial charge in [0.2, 0.25) is 0 Å². The number of ether oxygens (including phenoxy) is 1. The lowest BCUT2D eigenvalue weighted by molar-refractivity contribution is -0.126. The molecule has 2 N–H and O–H groups in total. The molecule has 7 heteroatoms. The van der Waals surface area contributed by atoms with Gasteiger partial charge in [0.05, 0.1) is 24.4 Å². The van der Waals surface area contributed by atoms with Crippen molar-refractivity contribution in [1.29, 1.82) is 0 Å². The highest BCUT2D eigenvalue weighted by Crippen LogP contribution is 2.35. The van der Waals surface area contributed by atoms with Crippen molar-refractivity contribution in [2.75, 3.05) is 44.0 Å². The fourth-order valence-corrected chi connectivity index (χ4v) is 3.23. The third kappa shape index (κ3) is 3.59. The second-order valence-electron chi connectivity index (χ2n) is 6.12. The Morgan fingerprint density at radius 1 is 1.48 bits per heavy atom. The molecule has 1 saturated heterocycles. The predicted octanol–water partition coefficient (Wildman–Crippen LogP) is 1.35. The normalized spacial score (nSPS) is 19.4. The van der Waals surface area contributed by atoms with Gasteiger partial charge in [0.1, 0.15) is 5.84 Å². The summed E-state index contributed by atoms with van der Waals surface area (Å²) >= 11 is 0. The van der Waals surface area contributed by atoms with Crippen LogP contribution in [0.25, 0.3) is 0 Å². The van der Waals surface area contributed by atoms with E-state index in [1.165, 1.54) is 0 Å². The summed E-state index contributed by atoms with van der Waals surface area (Å²) < 4.78 is 5.11.